The monoisotopic (exact) mass is 264 g/mol. The van der Waals surface area contributed by atoms with Crippen LogP contribution in [0.1, 0.15) is 12.0 Å². The van der Waals surface area contributed by atoms with Gasteiger partial charge in [-0.3, -0.25) is 0 Å². The second kappa shape index (κ2) is 7.36. The molecule has 106 valence electrons. The maximum Gasteiger partial charge on any atom is 0.122 e. The molecule has 1 N–H and O–H groups in total. The molecule has 0 amide bonds. The number of hydrogen-bond acceptors (Lipinski definition) is 4. The highest BCUT2D eigenvalue weighted by molar-refractivity contribution is 5.53. The van der Waals surface area contributed by atoms with Gasteiger partial charge in [0.25, 0.3) is 0 Å². The van der Waals surface area contributed by atoms with Crippen LogP contribution in [0.3, 0.4) is 0 Å². The molecule has 0 saturated carbocycles. The molecule has 1 fully saturated rings. The first-order chi connectivity index (χ1) is 9.31. The Morgan fingerprint density at radius 2 is 2.11 bits per heavy atom. The summed E-state index contributed by atoms with van der Waals surface area (Å²) in [5.41, 5.74) is 2.48. The van der Waals surface area contributed by atoms with E-state index < -0.39 is 0 Å². The van der Waals surface area contributed by atoms with Gasteiger partial charge < -0.3 is 19.7 Å². The number of benzene rings is 1. The average Bonchev–Trinajstić information content (AvgIpc) is 2.70. The first-order valence-electron chi connectivity index (χ1n) is 6.99. The van der Waals surface area contributed by atoms with Crippen LogP contribution >= 0.6 is 0 Å². The zero-order valence-electron chi connectivity index (χ0n) is 11.9. The Hall–Kier alpha value is -1.26. The van der Waals surface area contributed by atoms with Gasteiger partial charge in [0.1, 0.15) is 12.4 Å². The Balaban J connectivity index is 2.00. The fourth-order valence-corrected chi connectivity index (χ4v) is 2.33. The molecular weight excluding hydrogens is 240 g/mol. The van der Waals surface area contributed by atoms with E-state index in [1.807, 2.05) is 0 Å². The van der Waals surface area contributed by atoms with Crippen LogP contribution in [0.25, 0.3) is 0 Å². The lowest BCUT2D eigenvalue weighted by Crippen LogP contribution is -2.27. The molecule has 1 aliphatic heterocycles. The molecule has 0 atom stereocenters. The zero-order chi connectivity index (χ0) is 13.5. The third-order valence-corrected chi connectivity index (χ3v) is 3.41. The van der Waals surface area contributed by atoms with E-state index in [4.69, 9.17) is 9.47 Å². The molecule has 4 heteroatoms. The minimum Gasteiger partial charge on any atom is -0.491 e. The van der Waals surface area contributed by atoms with Crippen LogP contribution in [0.5, 0.6) is 5.75 Å². The standard InChI is InChI=1S/C15H24N2O2/c1-13-12-14(17-8-3-6-16-7-9-17)4-5-15(13)19-11-10-18-2/h4-5,12,16H,3,6-11H2,1-2H3. The molecule has 0 aliphatic carbocycles. The van der Waals surface area contributed by atoms with Crippen molar-refractivity contribution in [1.29, 1.82) is 0 Å². The summed E-state index contributed by atoms with van der Waals surface area (Å²) in [5, 5.41) is 3.43. The molecule has 2 rings (SSSR count). The molecule has 4 nitrogen and oxygen atoms in total. The molecule has 1 heterocycles. The van der Waals surface area contributed by atoms with Crippen molar-refractivity contribution in [1.82, 2.24) is 5.32 Å². The van der Waals surface area contributed by atoms with E-state index in [2.05, 4.69) is 35.3 Å². The van der Waals surface area contributed by atoms with E-state index in [0.717, 1.165) is 31.9 Å². The topological polar surface area (TPSA) is 33.7 Å². The number of anilines is 1. The van der Waals surface area contributed by atoms with Gasteiger partial charge in [-0.1, -0.05) is 0 Å². The summed E-state index contributed by atoms with van der Waals surface area (Å²) in [4.78, 5) is 2.44. The summed E-state index contributed by atoms with van der Waals surface area (Å²) in [6.07, 6.45) is 1.20. The smallest absolute Gasteiger partial charge is 0.122 e. The quantitative estimate of drug-likeness (QED) is 0.823. The van der Waals surface area contributed by atoms with Gasteiger partial charge in [0.15, 0.2) is 0 Å². The molecule has 0 spiro atoms. The van der Waals surface area contributed by atoms with E-state index in [0.29, 0.717) is 13.2 Å². The van der Waals surface area contributed by atoms with Crippen molar-refractivity contribution in [2.45, 2.75) is 13.3 Å². The van der Waals surface area contributed by atoms with Crippen molar-refractivity contribution < 1.29 is 9.47 Å². The Morgan fingerprint density at radius 3 is 2.89 bits per heavy atom. The van der Waals surface area contributed by atoms with Crippen molar-refractivity contribution in [3.05, 3.63) is 23.8 Å². The van der Waals surface area contributed by atoms with E-state index in [1.54, 1.807) is 7.11 Å². The maximum absolute atomic E-state index is 5.69. The summed E-state index contributed by atoms with van der Waals surface area (Å²) in [6.45, 7) is 7.70. The lowest BCUT2D eigenvalue weighted by Gasteiger charge is -2.23. The van der Waals surface area contributed by atoms with Crippen molar-refractivity contribution in [3.63, 3.8) is 0 Å². The number of rotatable bonds is 5. The van der Waals surface area contributed by atoms with Crippen molar-refractivity contribution in [3.8, 4) is 5.75 Å². The van der Waals surface area contributed by atoms with E-state index in [1.165, 1.54) is 17.7 Å². The zero-order valence-corrected chi connectivity index (χ0v) is 11.9. The largest absolute Gasteiger partial charge is 0.491 e. The normalized spacial score (nSPS) is 16.2. The first kappa shape index (κ1) is 14.2. The third-order valence-electron chi connectivity index (χ3n) is 3.41. The Kier molecular flexibility index (Phi) is 5.48. The average molecular weight is 264 g/mol. The van der Waals surface area contributed by atoms with Gasteiger partial charge in [-0.2, -0.15) is 0 Å². The van der Waals surface area contributed by atoms with Crippen molar-refractivity contribution >= 4 is 5.69 Å². The molecule has 0 unspecified atom stereocenters. The third kappa shape index (κ3) is 4.11. The molecule has 19 heavy (non-hydrogen) atoms. The van der Waals surface area contributed by atoms with Gasteiger partial charge in [-0.05, 0) is 43.7 Å². The van der Waals surface area contributed by atoms with E-state index >= 15 is 0 Å². The van der Waals surface area contributed by atoms with Crippen LogP contribution in [0, 0.1) is 6.92 Å². The van der Waals surface area contributed by atoms with Crippen molar-refractivity contribution in [2.75, 3.05) is 51.4 Å². The minimum absolute atomic E-state index is 0.602. The van der Waals surface area contributed by atoms with Crippen LogP contribution in [-0.4, -0.2) is 46.5 Å². The molecule has 1 aromatic carbocycles. The van der Waals surface area contributed by atoms with Crippen molar-refractivity contribution in [2.24, 2.45) is 0 Å². The Labute approximate surface area is 115 Å². The van der Waals surface area contributed by atoms with Crippen LogP contribution in [0.15, 0.2) is 18.2 Å². The molecule has 0 bridgehead atoms. The Morgan fingerprint density at radius 1 is 1.21 bits per heavy atom. The summed E-state index contributed by atoms with van der Waals surface area (Å²) in [6, 6.07) is 6.44. The second-order valence-corrected chi connectivity index (χ2v) is 4.88. The maximum atomic E-state index is 5.69. The summed E-state index contributed by atoms with van der Waals surface area (Å²) in [7, 11) is 1.69. The molecule has 0 radical (unpaired) electrons. The van der Waals surface area contributed by atoms with Gasteiger partial charge >= 0.3 is 0 Å². The fourth-order valence-electron chi connectivity index (χ4n) is 2.33. The number of aryl methyl sites for hydroxylation is 1. The second-order valence-electron chi connectivity index (χ2n) is 4.88. The number of hydrogen-bond donors (Lipinski definition) is 1. The number of nitrogens with zero attached hydrogens (tertiary/aromatic N) is 1. The highest BCUT2D eigenvalue weighted by Crippen LogP contribution is 2.24. The minimum atomic E-state index is 0.602. The highest BCUT2D eigenvalue weighted by atomic mass is 16.5. The molecular formula is C15H24N2O2. The lowest BCUT2D eigenvalue weighted by atomic mass is 10.2. The Bertz CT molecular complexity index is 388. The van der Waals surface area contributed by atoms with Crippen LogP contribution in [0.4, 0.5) is 5.69 Å². The first-order valence-corrected chi connectivity index (χ1v) is 6.99. The predicted octanol–water partition coefficient (Wildman–Crippen LogP) is 1.82. The van der Waals surface area contributed by atoms with Gasteiger partial charge in [-0.25, -0.2) is 0 Å². The summed E-state index contributed by atoms with van der Waals surface area (Å²) in [5.74, 6) is 0.953. The molecule has 1 aliphatic rings. The van der Waals surface area contributed by atoms with E-state index in [-0.39, 0.29) is 0 Å². The summed E-state index contributed by atoms with van der Waals surface area (Å²) >= 11 is 0. The molecule has 1 saturated heterocycles. The van der Waals surface area contributed by atoms with Crippen LogP contribution in [0.2, 0.25) is 0 Å². The molecule has 0 aromatic heterocycles. The number of ether oxygens (including phenoxy) is 2. The molecule has 1 aromatic rings. The highest BCUT2D eigenvalue weighted by Gasteiger charge is 2.10. The number of nitrogens with one attached hydrogen (secondary N) is 1. The van der Waals surface area contributed by atoms with Gasteiger partial charge in [-0.15, -0.1) is 0 Å². The van der Waals surface area contributed by atoms with Gasteiger partial charge in [0, 0.05) is 32.4 Å². The fraction of sp³-hybridized carbons (Fsp3) is 0.600. The van der Waals surface area contributed by atoms with Gasteiger partial charge in [0.2, 0.25) is 0 Å². The van der Waals surface area contributed by atoms with Gasteiger partial charge in [0.05, 0.1) is 6.61 Å². The SMILES string of the molecule is COCCOc1ccc(N2CCCNCC2)cc1C. The summed E-state index contributed by atoms with van der Waals surface area (Å²) < 4.78 is 10.7. The van der Waals surface area contributed by atoms with Crippen LogP contribution < -0.4 is 15.0 Å². The van der Waals surface area contributed by atoms with Crippen LogP contribution in [-0.2, 0) is 4.74 Å². The predicted molar refractivity (Wildman–Crippen MR) is 78.2 cm³/mol. The lowest BCUT2D eigenvalue weighted by molar-refractivity contribution is 0.146. The number of methoxy groups -OCH3 is 1. The van der Waals surface area contributed by atoms with E-state index in [9.17, 15) is 0 Å².